The Hall–Kier alpha value is -2.43. The standard InChI is InChI=1S/C19H20F3N3O3S/c1-14(26)23-16-5-7-18(8-6-16)29(27,28)25-11-9-24(10-12-25)17-4-2-3-15(13-17)19(20,21)22/h2-8,13H,9-12H2,1H3,(H,23,26)/p+1. The average Bonchev–Trinajstić information content (AvgIpc) is 2.67. The first-order valence-corrected chi connectivity index (χ1v) is 10.4. The number of amides is 1. The van der Waals surface area contributed by atoms with Crippen molar-refractivity contribution >= 4 is 27.3 Å². The van der Waals surface area contributed by atoms with Crippen LogP contribution in [0.2, 0.25) is 0 Å². The molecule has 1 fully saturated rings. The van der Waals surface area contributed by atoms with Crippen LogP contribution in [0.4, 0.5) is 24.5 Å². The Labute approximate surface area is 167 Å². The summed E-state index contributed by atoms with van der Waals surface area (Å²) < 4.78 is 65.7. The third-order valence-corrected chi connectivity index (χ3v) is 6.65. The first-order valence-electron chi connectivity index (χ1n) is 8.97. The van der Waals surface area contributed by atoms with E-state index in [0.717, 1.165) is 17.0 Å². The molecular formula is C19H21F3N3O3S+. The number of carbonyl (C=O) groups is 1. The normalized spacial score (nSPS) is 16.6. The van der Waals surface area contributed by atoms with E-state index < -0.39 is 21.8 Å². The van der Waals surface area contributed by atoms with E-state index in [4.69, 9.17) is 0 Å². The molecule has 0 unspecified atom stereocenters. The molecule has 2 N–H and O–H groups in total. The summed E-state index contributed by atoms with van der Waals surface area (Å²) in [5, 5.41) is 2.57. The first kappa shape index (κ1) is 21.3. The van der Waals surface area contributed by atoms with Crippen molar-refractivity contribution in [2.24, 2.45) is 0 Å². The maximum Gasteiger partial charge on any atom is 0.416 e. The molecule has 1 aliphatic rings. The summed E-state index contributed by atoms with van der Waals surface area (Å²) in [6.07, 6.45) is -4.41. The van der Waals surface area contributed by atoms with Gasteiger partial charge in [-0.25, -0.2) is 8.42 Å². The van der Waals surface area contributed by atoms with Crippen molar-refractivity contribution in [3.05, 3.63) is 54.1 Å². The van der Waals surface area contributed by atoms with E-state index in [2.05, 4.69) is 5.32 Å². The van der Waals surface area contributed by atoms with E-state index >= 15 is 0 Å². The summed E-state index contributed by atoms with van der Waals surface area (Å²) in [5.74, 6) is -0.255. The monoisotopic (exact) mass is 428 g/mol. The van der Waals surface area contributed by atoms with Crippen LogP contribution in [-0.2, 0) is 21.0 Å². The van der Waals surface area contributed by atoms with Gasteiger partial charge < -0.3 is 10.2 Å². The molecule has 1 aliphatic heterocycles. The van der Waals surface area contributed by atoms with E-state index in [-0.39, 0.29) is 23.9 Å². The summed E-state index contributed by atoms with van der Waals surface area (Å²) in [4.78, 5) is 12.0. The maximum atomic E-state index is 12.9. The highest BCUT2D eigenvalue weighted by Gasteiger charge is 2.34. The number of alkyl halides is 3. The topological polar surface area (TPSA) is 70.9 Å². The number of hydrogen-bond acceptors (Lipinski definition) is 3. The molecule has 2 aromatic rings. The van der Waals surface area contributed by atoms with Gasteiger partial charge in [-0.3, -0.25) is 4.79 Å². The fourth-order valence-corrected chi connectivity index (χ4v) is 4.70. The highest BCUT2D eigenvalue weighted by molar-refractivity contribution is 7.89. The molecule has 0 aromatic heterocycles. The molecule has 2 aromatic carbocycles. The van der Waals surface area contributed by atoms with Crippen molar-refractivity contribution in [3.63, 3.8) is 0 Å². The molecule has 0 bridgehead atoms. The molecule has 1 amide bonds. The van der Waals surface area contributed by atoms with E-state index in [1.807, 2.05) is 0 Å². The number of nitrogens with zero attached hydrogens (tertiary/aromatic N) is 1. The van der Waals surface area contributed by atoms with Crippen LogP contribution in [0, 0.1) is 0 Å². The number of piperazine rings is 1. The van der Waals surface area contributed by atoms with Crippen LogP contribution in [-0.4, -0.2) is 44.8 Å². The van der Waals surface area contributed by atoms with Crippen molar-refractivity contribution in [2.75, 3.05) is 31.5 Å². The molecule has 156 valence electrons. The number of anilines is 1. The second-order valence-electron chi connectivity index (χ2n) is 6.79. The number of carbonyl (C=O) groups excluding carboxylic acids is 1. The Morgan fingerprint density at radius 1 is 1.07 bits per heavy atom. The van der Waals surface area contributed by atoms with Crippen molar-refractivity contribution in [3.8, 4) is 0 Å². The molecule has 10 heteroatoms. The Kier molecular flexibility index (Phi) is 5.97. The molecule has 0 saturated carbocycles. The highest BCUT2D eigenvalue weighted by atomic mass is 32.2. The zero-order chi connectivity index (χ0) is 21.2. The SMILES string of the molecule is CC(=O)Nc1ccc(S(=O)(=O)N2CC[NH+](c3cccc(C(F)(F)F)c3)CC2)cc1. The highest BCUT2D eigenvalue weighted by Crippen LogP contribution is 2.30. The van der Waals surface area contributed by atoms with Crippen LogP contribution >= 0.6 is 0 Å². The second-order valence-corrected chi connectivity index (χ2v) is 8.73. The Bertz CT molecular complexity index is 984. The van der Waals surface area contributed by atoms with Crippen LogP contribution in [0.25, 0.3) is 0 Å². The van der Waals surface area contributed by atoms with Crippen molar-refractivity contribution < 1.29 is 31.3 Å². The fourth-order valence-electron chi connectivity index (χ4n) is 3.26. The van der Waals surface area contributed by atoms with Gasteiger partial charge in [0, 0.05) is 18.7 Å². The lowest BCUT2D eigenvalue weighted by atomic mass is 10.1. The average molecular weight is 428 g/mol. The molecule has 6 nitrogen and oxygen atoms in total. The molecule has 1 saturated heterocycles. The lowest BCUT2D eigenvalue weighted by molar-refractivity contribution is -0.837. The van der Waals surface area contributed by atoms with Gasteiger partial charge in [0.25, 0.3) is 0 Å². The van der Waals surface area contributed by atoms with Crippen molar-refractivity contribution in [1.29, 1.82) is 0 Å². The predicted octanol–water partition coefficient (Wildman–Crippen LogP) is 1.88. The van der Waals surface area contributed by atoms with Crippen molar-refractivity contribution in [2.45, 2.75) is 18.0 Å². The number of rotatable bonds is 4. The zero-order valence-corrected chi connectivity index (χ0v) is 16.5. The number of hydrogen-bond donors (Lipinski definition) is 2. The fraction of sp³-hybridized carbons (Fsp3) is 0.316. The lowest BCUT2D eigenvalue weighted by Gasteiger charge is -2.31. The van der Waals surface area contributed by atoms with E-state index in [1.165, 1.54) is 41.6 Å². The zero-order valence-electron chi connectivity index (χ0n) is 15.7. The molecule has 0 spiro atoms. The van der Waals surface area contributed by atoms with Gasteiger partial charge in [-0.05, 0) is 36.4 Å². The summed E-state index contributed by atoms with van der Waals surface area (Å²) in [6.45, 7) is 2.48. The van der Waals surface area contributed by atoms with E-state index in [0.29, 0.717) is 24.5 Å². The largest absolute Gasteiger partial charge is 0.416 e. The van der Waals surface area contributed by atoms with Crippen LogP contribution in [0.1, 0.15) is 12.5 Å². The number of halogens is 3. The smallest absolute Gasteiger partial charge is 0.326 e. The lowest BCUT2D eigenvalue weighted by Crippen LogP contribution is -3.10. The van der Waals surface area contributed by atoms with E-state index in [1.54, 1.807) is 6.07 Å². The Morgan fingerprint density at radius 2 is 1.69 bits per heavy atom. The van der Waals surface area contributed by atoms with Gasteiger partial charge in [0.2, 0.25) is 15.9 Å². The van der Waals surface area contributed by atoms with Gasteiger partial charge in [-0.15, -0.1) is 0 Å². The van der Waals surface area contributed by atoms with Gasteiger partial charge >= 0.3 is 6.18 Å². The number of benzene rings is 2. The summed E-state index contributed by atoms with van der Waals surface area (Å²) in [5.41, 5.74) is 0.281. The molecule has 0 atom stereocenters. The summed E-state index contributed by atoms with van der Waals surface area (Å²) in [6, 6.07) is 11.0. The minimum Gasteiger partial charge on any atom is -0.326 e. The molecule has 0 aliphatic carbocycles. The van der Waals surface area contributed by atoms with Crippen molar-refractivity contribution in [1.82, 2.24) is 4.31 Å². The number of sulfonamides is 1. The maximum absolute atomic E-state index is 12.9. The molecular weight excluding hydrogens is 407 g/mol. The van der Waals surface area contributed by atoms with Gasteiger partial charge in [0.1, 0.15) is 5.69 Å². The minimum absolute atomic E-state index is 0.106. The Balaban J connectivity index is 1.69. The minimum atomic E-state index is -4.41. The van der Waals surface area contributed by atoms with E-state index in [9.17, 15) is 26.4 Å². The predicted molar refractivity (Wildman–Crippen MR) is 101 cm³/mol. The van der Waals surface area contributed by atoms with Gasteiger partial charge in [-0.2, -0.15) is 17.5 Å². The summed E-state index contributed by atoms with van der Waals surface area (Å²) in [7, 11) is -3.72. The third kappa shape index (κ3) is 4.95. The van der Waals surface area contributed by atoms with Crippen LogP contribution in [0.5, 0.6) is 0 Å². The van der Waals surface area contributed by atoms with Crippen LogP contribution in [0.3, 0.4) is 0 Å². The quantitative estimate of drug-likeness (QED) is 0.782. The number of quaternary nitrogens is 1. The molecule has 29 heavy (non-hydrogen) atoms. The van der Waals surface area contributed by atoms with Crippen LogP contribution < -0.4 is 10.2 Å². The van der Waals surface area contributed by atoms with Crippen LogP contribution in [0.15, 0.2) is 53.4 Å². The third-order valence-electron chi connectivity index (χ3n) is 4.74. The molecule has 0 radical (unpaired) electrons. The summed E-state index contributed by atoms with van der Waals surface area (Å²) >= 11 is 0. The molecule has 3 rings (SSSR count). The van der Waals surface area contributed by atoms with Gasteiger partial charge in [-0.1, -0.05) is 6.07 Å². The first-order chi connectivity index (χ1) is 13.6. The number of nitrogens with one attached hydrogen (secondary N) is 2. The Morgan fingerprint density at radius 3 is 2.24 bits per heavy atom. The van der Waals surface area contributed by atoms with Gasteiger partial charge in [0.15, 0.2) is 0 Å². The second kappa shape index (κ2) is 8.13. The molecule has 1 heterocycles. The van der Waals surface area contributed by atoms with Gasteiger partial charge in [0.05, 0.1) is 36.6 Å².